The lowest BCUT2D eigenvalue weighted by Crippen LogP contribution is -2.40. The Kier molecular flexibility index (Phi) is 1.75. The first-order valence-corrected chi connectivity index (χ1v) is 4.38. The standard InChI is InChI=1S/C8H14N4/c1-5-3-9-7(11-5)8-10-4-6(2)12-8/h5-6H,3-4H2,1-2H3,(H,9,11)(H,10,12). The topological polar surface area (TPSA) is 48.8 Å². The molecule has 66 valence electrons. The molecule has 0 saturated heterocycles. The lowest BCUT2D eigenvalue weighted by Gasteiger charge is -2.07. The van der Waals surface area contributed by atoms with Crippen LogP contribution in [0.3, 0.4) is 0 Å². The molecular weight excluding hydrogens is 152 g/mol. The largest absolute Gasteiger partial charge is 0.363 e. The lowest BCUT2D eigenvalue weighted by molar-refractivity contribution is 0.720. The van der Waals surface area contributed by atoms with E-state index in [0.29, 0.717) is 12.1 Å². The molecule has 2 aliphatic rings. The number of nitrogens with zero attached hydrogens (tertiary/aromatic N) is 2. The van der Waals surface area contributed by atoms with Gasteiger partial charge in [0, 0.05) is 12.1 Å². The van der Waals surface area contributed by atoms with Gasteiger partial charge >= 0.3 is 0 Å². The molecule has 2 atom stereocenters. The van der Waals surface area contributed by atoms with Crippen LogP contribution in [-0.2, 0) is 0 Å². The van der Waals surface area contributed by atoms with Gasteiger partial charge in [-0.25, -0.2) is 0 Å². The van der Waals surface area contributed by atoms with Crippen LogP contribution in [0.1, 0.15) is 13.8 Å². The zero-order valence-electron chi connectivity index (χ0n) is 7.46. The summed E-state index contributed by atoms with van der Waals surface area (Å²) in [7, 11) is 0. The van der Waals surface area contributed by atoms with Gasteiger partial charge in [0.1, 0.15) is 0 Å². The zero-order chi connectivity index (χ0) is 8.55. The minimum atomic E-state index is 0.459. The fourth-order valence-electron chi connectivity index (χ4n) is 1.39. The van der Waals surface area contributed by atoms with Gasteiger partial charge < -0.3 is 10.6 Å². The van der Waals surface area contributed by atoms with Crippen molar-refractivity contribution in [3.8, 4) is 0 Å². The Balaban J connectivity index is 2.02. The van der Waals surface area contributed by atoms with Crippen molar-refractivity contribution in [2.24, 2.45) is 9.98 Å². The van der Waals surface area contributed by atoms with Gasteiger partial charge in [-0.05, 0) is 13.8 Å². The molecule has 0 aromatic rings. The number of amidine groups is 2. The van der Waals surface area contributed by atoms with Crippen LogP contribution in [0.25, 0.3) is 0 Å². The third-order valence-electron chi connectivity index (χ3n) is 2.04. The quantitative estimate of drug-likeness (QED) is 0.565. The van der Waals surface area contributed by atoms with E-state index in [-0.39, 0.29) is 0 Å². The van der Waals surface area contributed by atoms with Gasteiger partial charge in [0.15, 0.2) is 11.7 Å². The summed E-state index contributed by atoms with van der Waals surface area (Å²) in [4.78, 5) is 8.69. The molecule has 0 bridgehead atoms. The predicted molar refractivity (Wildman–Crippen MR) is 49.8 cm³/mol. The third-order valence-corrected chi connectivity index (χ3v) is 2.04. The normalized spacial score (nSPS) is 33.8. The molecule has 2 N–H and O–H groups in total. The Bertz CT molecular complexity index is 217. The van der Waals surface area contributed by atoms with Crippen molar-refractivity contribution in [3.05, 3.63) is 0 Å². The van der Waals surface area contributed by atoms with Gasteiger partial charge in [-0.15, -0.1) is 0 Å². The van der Waals surface area contributed by atoms with E-state index in [1.54, 1.807) is 0 Å². The zero-order valence-corrected chi connectivity index (χ0v) is 7.46. The third kappa shape index (κ3) is 1.29. The van der Waals surface area contributed by atoms with Crippen LogP contribution in [0.2, 0.25) is 0 Å². The number of aliphatic imine (C=N–C) groups is 2. The van der Waals surface area contributed by atoms with Crippen LogP contribution >= 0.6 is 0 Å². The molecule has 0 radical (unpaired) electrons. The van der Waals surface area contributed by atoms with Crippen LogP contribution < -0.4 is 10.6 Å². The van der Waals surface area contributed by atoms with E-state index in [2.05, 4.69) is 34.5 Å². The first-order valence-electron chi connectivity index (χ1n) is 4.38. The van der Waals surface area contributed by atoms with Gasteiger partial charge in [-0.2, -0.15) is 0 Å². The first-order chi connectivity index (χ1) is 5.75. The summed E-state index contributed by atoms with van der Waals surface area (Å²) in [5.41, 5.74) is 0. The molecule has 0 saturated carbocycles. The molecule has 0 aliphatic carbocycles. The van der Waals surface area contributed by atoms with Gasteiger partial charge in [-0.1, -0.05) is 0 Å². The Morgan fingerprint density at radius 1 is 1.00 bits per heavy atom. The average molecular weight is 166 g/mol. The number of nitrogens with one attached hydrogen (secondary N) is 2. The molecule has 0 amide bonds. The second-order valence-corrected chi connectivity index (χ2v) is 3.47. The van der Waals surface area contributed by atoms with Crippen molar-refractivity contribution in [2.45, 2.75) is 25.9 Å². The highest BCUT2D eigenvalue weighted by Crippen LogP contribution is 2.00. The van der Waals surface area contributed by atoms with Gasteiger partial charge in [-0.3, -0.25) is 9.98 Å². The van der Waals surface area contributed by atoms with Crippen LogP contribution in [0, 0.1) is 0 Å². The van der Waals surface area contributed by atoms with E-state index < -0.39 is 0 Å². The van der Waals surface area contributed by atoms with Crippen LogP contribution in [0.4, 0.5) is 0 Å². The summed E-state index contributed by atoms with van der Waals surface area (Å²) in [6, 6.07) is 0.917. The molecule has 0 fully saturated rings. The molecule has 2 rings (SSSR count). The summed E-state index contributed by atoms with van der Waals surface area (Å²) >= 11 is 0. The van der Waals surface area contributed by atoms with Crippen molar-refractivity contribution in [2.75, 3.05) is 13.1 Å². The van der Waals surface area contributed by atoms with Gasteiger partial charge in [0.05, 0.1) is 13.1 Å². The SMILES string of the molecule is CC1CN=C(C2=NCC(C)N2)N1. The van der Waals surface area contributed by atoms with E-state index in [4.69, 9.17) is 0 Å². The predicted octanol–water partition coefficient (Wildman–Crippen LogP) is -0.233. The van der Waals surface area contributed by atoms with Crippen molar-refractivity contribution in [1.82, 2.24) is 10.6 Å². The smallest absolute Gasteiger partial charge is 0.164 e. The Labute approximate surface area is 72.2 Å². The molecule has 0 aromatic heterocycles. The van der Waals surface area contributed by atoms with Crippen LogP contribution in [0.15, 0.2) is 9.98 Å². The Morgan fingerprint density at radius 2 is 1.42 bits per heavy atom. The van der Waals surface area contributed by atoms with E-state index in [0.717, 1.165) is 24.8 Å². The summed E-state index contributed by atoms with van der Waals surface area (Å²) < 4.78 is 0. The Morgan fingerprint density at radius 3 is 1.67 bits per heavy atom. The van der Waals surface area contributed by atoms with E-state index in [1.165, 1.54) is 0 Å². The van der Waals surface area contributed by atoms with Crippen molar-refractivity contribution < 1.29 is 0 Å². The van der Waals surface area contributed by atoms with E-state index in [1.807, 2.05) is 0 Å². The summed E-state index contributed by atoms with van der Waals surface area (Å²) in [5.74, 6) is 1.87. The molecule has 2 heterocycles. The molecule has 2 unspecified atom stereocenters. The van der Waals surface area contributed by atoms with Crippen molar-refractivity contribution >= 4 is 11.7 Å². The lowest BCUT2D eigenvalue weighted by atomic mass is 10.3. The number of hydrogen-bond acceptors (Lipinski definition) is 4. The molecule has 12 heavy (non-hydrogen) atoms. The summed E-state index contributed by atoms with van der Waals surface area (Å²) in [6.07, 6.45) is 0. The van der Waals surface area contributed by atoms with Gasteiger partial charge in [0.2, 0.25) is 0 Å². The maximum Gasteiger partial charge on any atom is 0.164 e. The first kappa shape index (κ1) is 7.58. The highest BCUT2D eigenvalue weighted by Gasteiger charge is 2.22. The fraction of sp³-hybridized carbons (Fsp3) is 0.750. The Hall–Kier alpha value is -1.06. The number of hydrogen-bond donors (Lipinski definition) is 2. The maximum absolute atomic E-state index is 4.35. The molecule has 4 nitrogen and oxygen atoms in total. The highest BCUT2D eigenvalue weighted by molar-refractivity contribution is 6.41. The molecule has 2 aliphatic heterocycles. The van der Waals surface area contributed by atoms with Crippen molar-refractivity contribution in [3.63, 3.8) is 0 Å². The summed E-state index contributed by atoms with van der Waals surface area (Å²) in [6.45, 7) is 5.97. The molecular formula is C8H14N4. The van der Waals surface area contributed by atoms with E-state index in [9.17, 15) is 0 Å². The second kappa shape index (κ2) is 2.77. The van der Waals surface area contributed by atoms with E-state index >= 15 is 0 Å². The van der Waals surface area contributed by atoms with Crippen LogP contribution in [0.5, 0.6) is 0 Å². The van der Waals surface area contributed by atoms with Gasteiger partial charge in [0.25, 0.3) is 0 Å². The average Bonchev–Trinajstić information content (AvgIpc) is 2.58. The molecule has 0 aromatic carbocycles. The maximum atomic E-state index is 4.35. The molecule has 0 spiro atoms. The minimum Gasteiger partial charge on any atom is -0.363 e. The fourth-order valence-corrected chi connectivity index (χ4v) is 1.39. The highest BCUT2D eigenvalue weighted by atomic mass is 15.2. The second-order valence-electron chi connectivity index (χ2n) is 3.47. The van der Waals surface area contributed by atoms with Crippen LogP contribution in [-0.4, -0.2) is 36.8 Å². The summed E-state index contributed by atoms with van der Waals surface area (Å²) in [5, 5.41) is 6.55. The monoisotopic (exact) mass is 166 g/mol. The van der Waals surface area contributed by atoms with Crippen molar-refractivity contribution in [1.29, 1.82) is 0 Å². The minimum absolute atomic E-state index is 0.459. The number of rotatable bonds is 1. The molecule has 4 heteroatoms.